The largest absolute Gasteiger partial charge is 0.507 e. The molecule has 6 nitrogen and oxygen atoms in total. The number of aromatic hydroxyl groups is 1. The normalized spacial score (nSPS) is 11.1. The smallest absolute Gasteiger partial charge is 0.339 e. The van der Waals surface area contributed by atoms with Gasteiger partial charge >= 0.3 is 5.97 Å². The SMILES string of the molecule is O=C(O)c1ccc(Oc2cccc(S(=O)(=O)c3ccccc3)c2)cc1O. The topological polar surface area (TPSA) is 101 Å². The summed E-state index contributed by atoms with van der Waals surface area (Å²) in [5.41, 5.74) is -0.252. The molecule has 0 amide bonds. The zero-order valence-corrected chi connectivity index (χ0v) is 14.2. The molecule has 0 bridgehead atoms. The van der Waals surface area contributed by atoms with Gasteiger partial charge in [-0.05, 0) is 42.5 Å². The van der Waals surface area contributed by atoms with Crippen LogP contribution in [0.1, 0.15) is 10.4 Å². The van der Waals surface area contributed by atoms with E-state index in [4.69, 9.17) is 9.84 Å². The summed E-state index contributed by atoms with van der Waals surface area (Å²) in [5, 5.41) is 18.6. The summed E-state index contributed by atoms with van der Waals surface area (Å²) >= 11 is 0. The van der Waals surface area contributed by atoms with Crippen molar-refractivity contribution in [1.29, 1.82) is 0 Å². The van der Waals surface area contributed by atoms with Gasteiger partial charge in [-0.1, -0.05) is 24.3 Å². The number of rotatable bonds is 5. The van der Waals surface area contributed by atoms with E-state index in [0.717, 1.165) is 6.07 Å². The highest BCUT2D eigenvalue weighted by atomic mass is 32.2. The molecular formula is C19H14O6S. The van der Waals surface area contributed by atoms with Gasteiger partial charge in [0.05, 0.1) is 9.79 Å². The number of hydrogen-bond acceptors (Lipinski definition) is 5. The molecule has 7 heteroatoms. The van der Waals surface area contributed by atoms with Crippen LogP contribution in [-0.4, -0.2) is 24.6 Å². The van der Waals surface area contributed by atoms with Crippen LogP contribution in [-0.2, 0) is 9.84 Å². The number of carboxylic acids is 1. The second kappa shape index (κ2) is 6.89. The highest BCUT2D eigenvalue weighted by Crippen LogP contribution is 2.30. The molecule has 0 unspecified atom stereocenters. The van der Waals surface area contributed by atoms with Crippen LogP contribution in [0.2, 0.25) is 0 Å². The van der Waals surface area contributed by atoms with Crippen LogP contribution >= 0.6 is 0 Å². The number of aromatic carboxylic acids is 1. The van der Waals surface area contributed by atoms with Crippen molar-refractivity contribution >= 4 is 15.8 Å². The molecule has 132 valence electrons. The maximum absolute atomic E-state index is 12.7. The molecular weight excluding hydrogens is 356 g/mol. The Morgan fingerprint density at radius 2 is 1.46 bits per heavy atom. The summed E-state index contributed by atoms with van der Waals surface area (Å²) in [5.74, 6) is -1.28. The van der Waals surface area contributed by atoms with E-state index >= 15 is 0 Å². The fraction of sp³-hybridized carbons (Fsp3) is 0. The molecule has 26 heavy (non-hydrogen) atoms. The maximum atomic E-state index is 12.7. The molecule has 0 spiro atoms. The Kier molecular flexibility index (Phi) is 4.64. The highest BCUT2D eigenvalue weighted by molar-refractivity contribution is 7.91. The molecule has 3 aromatic carbocycles. The summed E-state index contributed by atoms with van der Waals surface area (Å²) in [4.78, 5) is 11.1. The standard InChI is InChI=1S/C19H14O6S/c20-18-12-14(9-10-17(18)19(21)22)25-13-5-4-8-16(11-13)26(23,24)15-6-2-1-3-7-15/h1-12,20H,(H,21,22). The zero-order valence-electron chi connectivity index (χ0n) is 13.4. The Hall–Kier alpha value is -3.32. The third-order valence-electron chi connectivity index (χ3n) is 3.60. The van der Waals surface area contributed by atoms with E-state index in [2.05, 4.69) is 0 Å². The molecule has 2 N–H and O–H groups in total. The number of carbonyl (C=O) groups is 1. The van der Waals surface area contributed by atoms with Crippen LogP contribution in [0.25, 0.3) is 0 Å². The first-order valence-corrected chi connectivity index (χ1v) is 9.00. The first-order chi connectivity index (χ1) is 12.4. The molecule has 0 fully saturated rings. The van der Waals surface area contributed by atoms with Gasteiger partial charge in [-0.25, -0.2) is 13.2 Å². The van der Waals surface area contributed by atoms with Crippen molar-refractivity contribution in [3.63, 3.8) is 0 Å². The first-order valence-electron chi connectivity index (χ1n) is 7.52. The van der Waals surface area contributed by atoms with Crippen LogP contribution in [0.3, 0.4) is 0 Å². The van der Waals surface area contributed by atoms with Gasteiger partial charge in [0, 0.05) is 6.07 Å². The van der Waals surface area contributed by atoms with Crippen molar-refractivity contribution in [2.75, 3.05) is 0 Å². The number of hydrogen-bond donors (Lipinski definition) is 2. The average Bonchev–Trinajstić information content (AvgIpc) is 2.62. The lowest BCUT2D eigenvalue weighted by Gasteiger charge is -2.09. The number of carboxylic acid groups (broad SMARTS) is 1. The molecule has 0 aliphatic heterocycles. The van der Waals surface area contributed by atoms with Crippen LogP contribution < -0.4 is 4.74 Å². The van der Waals surface area contributed by atoms with E-state index in [1.807, 2.05) is 0 Å². The van der Waals surface area contributed by atoms with Crippen molar-refractivity contribution < 1.29 is 28.2 Å². The molecule has 0 aliphatic carbocycles. The lowest BCUT2D eigenvalue weighted by molar-refractivity contribution is 0.0693. The van der Waals surface area contributed by atoms with E-state index in [1.165, 1.54) is 42.5 Å². The Morgan fingerprint density at radius 3 is 2.12 bits per heavy atom. The first kappa shape index (κ1) is 17.5. The molecule has 0 heterocycles. The van der Waals surface area contributed by atoms with Crippen molar-refractivity contribution in [1.82, 2.24) is 0 Å². The second-order valence-corrected chi connectivity index (χ2v) is 7.33. The molecule has 3 aromatic rings. The molecule has 3 rings (SSSR count). The summed E-state index contributed by atoms with van der Waals surface area (Å²) in [6, 6.07) is 17.7. The van der Waals surface area contributed by atoms with Crippen LogP contribution in [0.15, 0.2) is 82.6 Å². The van der Waals surface area contributed by atoms with E-state index in [9.17, 15) is 18.3 Å². The number of phenols is 1. The predicted molar refractivity (Wildman–Crippen MR) is 93.5 cm³/mol. The van der Waals surface area contributed by atoms with Crippen molar-refractivity contribution in [2.24, 2.45) is 0 Å². The van der Waals surface area contributed by atoms with E-state index in [0.29, 0.717) is 0 Å². The van der Waals surface area contributed by atoms with E-state index in [-0.39, 0.29) is 26.9 Å². The Labute approximate surface area is 149 Å². The minimum atomic E-state index is -3.69. The monoisotopic (exact) mass is 370 g/mol. The third-order valence-corrected chi connectivity index (χ3v) is 5.37. The van der Waals surface area contributed by atoms with Gasteiger partial charge in [0.25, 0.3) is 0 Å². The lowest BCUT2D eigenvalue weighted by Crippen LogP contribution is -2.02. The van der Waals surface area contributed by atoms with Crippen molar-refractivity contribution in [3.05, 3.63) is 78.4 Å². The Bertz CT molecular complexity index is 1060. The number of benzene rings is 3. The van der Waals surface area contributed by atoms with Gasteiger partial charge in [-0.15, -0.1) is 0 Å². The molecule has 0 aromatic heterocycles. The van der Waals surface area contributed by atoms with E-state index < -0.39 is 21.6 Å². The second-order valence-electron chi connectivity index (χ2n) is 5.38. The summed E-state index contributed by atoms with van der Waals surface area (Å²) < 4.78 is 30.9. The molecule has 0 saturated heterocycles. The fourth-order valence-corrected chi connectivity index (χ4v) is 3.65. The van der Waals surface area contributed by atoms with Crippen molar-refractivity contribution in [3.8, 4) is 17.2 Å². The minimum Gasteiger partial charge on any atom is -0.507 e. The summed E-state index contributed by atoms with van der Waals surface area (Å²) in [6.45, 7) is 0. The molecule has 0 aliphatic rings. The van der Waals surface area contributed by atoms with Gasteiger partial charge in [-0.2, -0.15) is 0 Å². The van der Waals surface area contributed by atoms with Gasteiger partial charge in [-0.3, -0.25) is 0 Å². The van der Waals surface area contributed by atoms with E-state index in [1.54, 1.807) is 24.3 Å². The Morgan fingerprint density at radius 1 is 0.808 bits per heavy atom. The number of ether oxygens (including phenoxy) is 1. The summed E-state index contributed by atoms with van der Waals surface area (Å²) in [6.07, 6.45) is 0. The van der Waals surface area contributed by atoms with Crippen LogP contribution in [0.4, 0.5) is 0 Å². The Balaban J connectivity index is 1.91. The lowest BCUT2D eigenvalue weighted by atomic mass is 10.2. The molecule has 0 atom stereocenters. The average molecular weight is 370 g/mol. The quantitative estimate of drug-likeness (QED) is 0.710. The van der Waals surface area contributed by atoms with Gasteiger partial charge in [0.2, 0.25) is 9.84 Å². The number of sulfone groups is 1. The summed E-state index contributed by atoms with van der Waals surface area (Å²) in [7, 11) is -3.69. The maximum Gasteiger partial charge on any atom is 0.339 e. The predicted octanol–water partition coefficient (Wildman–Crippen LogP) is 3.72. The minimum absolute atomic E-state index is 0.0626. The fourth-order valence-electron chi connectivity index (χ4n) is 2.33. The van der Waals surface area contributed by atoms with Gasteiger partial charge < -0.3 is 14.9 Å². The zero-order chi connectivity index (χ0) is 18.7. The van der Waals surface area contributed by atoms with Gasteiger partial charge in [0.1, 0.15) is 22.8 Å². The van der Waals surface area contributed by atoms with Gasteiger partial charge in [0.15, 0.2) is 0 Å². The molecule has 0 saturated carbocycles. The highest BCUT2D eigenvalue weighted by Gasteiger charge is 2.18. The van der Waals surface area contributed by atoms with Crippen LogP contribution in [0.5, 0.6) is 17.2 Å². The van der Waals surface area contributed by atoms with Crippen LogP contribution in [0, 0.1) is 0 Å². The van der Waals surface area contributed by atoms with Crippen molar-refractivity contribution in [2.45, 2.75) is 9.79 Å². The molecule has 0 radical (unpaired) electrons. The third kappa shape index (κ3) is 3.52.